The maximum absolute atomic E-state index is 14.1. The molecular weight excluding hydrogens is 667 g/mol. The zero-order valence-electron chi connectivity index (χ0n) is 23.7. The number of thioether (sulfide) groups is 1. The van der Waals surface area contributed by atoms with Crippen LogP contribution >= 0.6 is 34.7 Å². The second kappa shape index (κ2) is 12.2. The fourth-order valence-corrected chi connectivity index (χ4v) is 8.46. The van der Waals surface area contributed by atoms with E-state index in [4.69, 9.17) is 16.3 Å². The van der Waals surface area contributed by atoms with E-state index in [1.54, 1.807) is 31.2 Å². The monoisotopic (exact) mass is 689 g/mol. The lowest BCUT2D eigenvalue weighted by molar-refractivity contribution is -0.137. The highest BCUT2D eigenvalue weighted by Gasteiger charge is 2.57. The van der Waals surface area contributed by atoms with Crippen molar-refractivity contribution in [3.8, 4) is 11.5 Å². The molecule has 0 radical (unpaired) electrons. The first-order valence-corrected chi connectivity index (χ1v) is 15.9. The van der Waals surface area contributed by atoms with Gasteiger partial charge in [-0.15, -0.1) is 0 Å². The first kappa shape index (κ1) is 31.7. The number of amides is 3. The summed E-state index contributed by atoms with van der Waals surface area (Å²) in [6.45, 7) is 1.51. The van der Waals surface area contributed by atoms with Gasteiger partial charge in [0.05, 0.1) is 28.8 Å². The van der Waals surface area contributed by atoms with Crippen LogP contribution in [0.4, 0.5) is 24.5 Å². The van der Waals surface area contributed by atoms with E-state index < -0.39 is 58.0 Å². The number of anilines is 2. The Morgan fingerprint density at radius 2 is 1.78 bits per heavy atom. The summed E-state index contributed by atoms with van der Waals surface area (Å²) in [5.41, 5.74) is -0.381. The molecule has 238 valence electrons. The Bertz CT molecular complexity index is 1930. The van der Waals surface area contributed by atoms with Gasteiger partial charge < -0.3 is 15.2 Å². The number of rotatable bonds is 7. The van der Waals surface area contributed by atoms with E-state index in [1.165, 1.54) is 28.8 Å². The summed E-state index contributed by atoms with van der Waals surface area (Å²) in [5.74, 6) is -4.13. The smallest absolute Gasteiger partial charge is 0.416 e. The number of carbonyl (C=O) groups is 3. The van der Waals surface area contributed by atoms with Gasteiger partial charge in [0.2, 0.25) is 17.7 Å². The summed E-state index contributed by atoms with van der Waals surface area (Å²) in [7, 11) is 0. The topological polar surface area (TPSA) is 118 Å². The fourth-order valence-electron chi connectivity index (χ4n) is 5.56. The number of thiazole rings is 1. The zero-order chi connectivity index (χ0) is 32.9. The number of imide groups is 1. The van der Waals surface area contributed by atoms with Crippen molar-refractivity contribution in [3.05, 3.63) is 97.4 Å². The van der Waals surface area contributed by atoms with Crippen LogP contribution in [0.2, 0.25) is 5.02 Å². The number of halogens is 4. The quantitative estimate of drug-likeness (QED) is 0.225. The van der Waals surface area contributed by atoms with Gasteiger partial charge in [0.25, 0.3) is 0 Å². The molecule has 0 aliphatic carbocycles. The molecule has 0 spiro atoms. The van der Waals surface area contributed by atoms with Gasteiger partial charge >= 0.3 is 11.0 Å². The van der Waals surface area contributed by atoms with Crippen LogP contribution in [0.3, 0.4) is 0 Å². The predicted octanol–water partition coefficient (Wildman–Crippen LogP) is 6.12. The van der Waals surface area contributed by atoms with Crippen LogP contribution in [-0.2, 0) is 27.1 Å². The van der Waals surface area contributed by atoms with Gasteiger partial charge in [-0.3, -0.25) is 23.7 Å². The summed E-state index contributed by atoms with van der Waals surface area (Å²) < 4.78 is 47.4. The average molecular weight is 690 g/mol. The van der Waals surface area contributed by atoms with Crippen molar-refractivity contribution >= 4 is 63.8 Å². The highest BCUT2D eigenvalue weighted by molar-refractivity contribution is 8.00. The van der Waals surface area contributed by atoms with Crippen LogP contribution in [0.25, 0.3) is 0 Å². The molecule has 9 nitrogen and oxygen atoms in total. The molecule has 3 aromatic carbocycles. The molecule has 2 N–H and O–H groups in total. The average Bonchev–Trinajstić information content (AvgIpc) is 3.45. The molecule has 1 saturated heterocycles. The number of aromatic nitrogens is 1. The predicted molar refractivity (Wildman–Crippen MR) is 167 cm³/mol. The second-order valence-corrected chi connectivity index (χ2v) is 13.0. The van der Waals surface area contributed by atoms with Crippen molar-refractivity contribution in [2.24, 2.45) is 5.92 Å². The molecule has 46 heavy (non-hydrogen) atoms. The van der Waals surface area contributed by atoms with Gasteiger partial charge in [-0.1, -0.05) is 46.8 Å². The van der Waals surface area contributed by atoms with Crippen molar-refractivity contribution in [2.45, 2.75) is 35.8 Å². The number of phenols is 1. The molecule has 0 saturated carbocycles. The Morgan fingerprint density at radius 3 is 2.48 bits per heavy atom. The molecule has 3 atom stereocenters. The lowest BCUT2D eigenvalue weighted by Crippen LogP contribution is -2.33. The fraction of sp³-hybridized carbons (Fsp3) is 0.226. The first-order valence-electron chi connectivity index (χ1n) is 13.8. The van der Waals surface area contributed by atoms with Gasteiger partial charge in [0.15, 0.2) is 11.5 Å². The summed E-state index contributed by atoms with van der Waals surface area (Å²) in [4.78, 5) is 55.0. The van der Waals surface area contributed by atoms with E-state index >= 15 is 0 Å². The molecule has 1 aromatic heterocycles. The third-order valence-electron chi connectivity index (χ3n) is 7.55. The van der Waals surface area contributed by atoms with E-state index in [0.29, 0.717) is 21.2 Å². The maximum Gasteiger partial charge on any atom is 0.416 e. The van der Waals surface area contributed by atoms with E-state index in [0.717, 1.165) is 46.2 Å². The molecule has 0 bridgehead atoms. The zero-order valence-corrected chi connectivity index (χ0v) is 26.1. The van der Waals surface area contributed by atoms with E-state index in [-0.39, 0.29) is 28.8 Å². The van der Waals surface area contributed by atoms with Crippen LogP contribution in [0.1, 0.15) is 28.8 Å². The van der Waals surface area contributed by atoms with Gasteiger partial charge in [-0.2, -0.15) is 13.2 Å². The molecule has 2 aliphatic heterocycles. The lowest BCUT2D eigenvalue weighted by atomic mass is 9.83. The number of nitrogens with one attached hydrogen (secondary N) is 1. The number of carbonyl (C=O) groups excluding carboxylic acids is 3. The Labute approximate surface area is 272 Å². The number of phenolic OH excluding ortho intramolecular Hbond substituents is 1. The standard InChI is InChI=1S/C31H23ClF3N3O6S2/c1-2-44-21-12-15(6-11-20(21)39)23-24-25(28(42)38(27(24)41)19-5-3-4-16(13-19)31(33,34)35)45-29-26(23)46-30(43)37(29)14-22(40)36-18-9-7-17(32)8-10-18/h3-13,23-25,39H,2,14H2,1H3,(H,36,40). The molecular formula is C31H23ClF3N3O6S2. The van der Waals surface area contributed by atoms with Crippen LogP contribution < -0.4 is 19.8 Å². The van der Waals surface area contributed by atoms with Gasteiger partial charge in [-0.25, -0.2) is 4.90 Å². The summed E-state index contributed by atoms with van der Waals surface area (Å²) >= 11 is 7.65. The molecule has 3 unspecified atom stereocenters. The van der Waals surface area contributed by atoms with Gasteiger partial charge in [-0.05, 0) is 67.1 Å². The largest absolute Gasteiger partial charge is 0.504 e. The van der Waals surface area contributed by atoms with Crippen LogP contribution in [0, 0.1) is 5.92 Å². The number of alkyl halides is 3. The third kappa shape index (κ3) is 5.76. The molecule has 1 fully saturated rings. The molecule has 3 heterocycles. The van der Waals surface area contributed by atoms with Crippen molar-refractivity contribution in [2.75, 3.05) is 16.8 Å². The molecule has 4 aromatic rings. The van der Waals surface area contributed by atoms with E-state index in [9.17, 15) is 37.5 Å². The van der Waals surface area contributed by atoms with Crippen molar-refractivity contribution in [3.63, 3.8) is 0 Å². The summed E-state index contributed by atoms with van der Waals surface area (Å²) in [6, 6.07) is 14.7. The van der Waals surface area contributed by atoms with Crippen LogP contribution in [0.15, 0.2) is 76.6 Å². The highest BCUT2D eigenvalue weighted by Crippen LogP contribution is 2.54. The minimum atomic E-state index is -4.71. The number of hydrogen-bond acceptors (Lipinski definition) is 8. The number of nitrogens with zero attached hydrogens (tertiary/aromatic N) is 2. The lowest BCUT2D eigenvalue weighted by Gasteiger charge is -2.31. The van der Waals surface area contributed by atoms with E-state index in [1.807, 2.05) is 0 Å². The normalized spacial score (nSPS) is 19.2. The number of benzene rings is 3. The second-order valence-electron chi connectivity index (χ2n) is 10.4. The van der Waals surface area contributed by atoms with Crippen molar-refractivity contribution in [1.29, 1.82) is 0 Å². The van der Waals surface area contributed by atoms with Gasteiger partial charge in [0.1, 0.15) is 11.8 Å². The number of hydrogen-bond donors (Lipinski definition) is 2. The minimum absolute atomic E-state index is 0.108. The molecule has 6 rings (SSSR count). The maximum atomic E-state index is 14.1. The van der Waals surface area contributed by atoms with E-state index in [2.05, 4.69) is 5.32 Å². The van der Waals surface area contributed by atoms with Crippen molar-refractivity contribution < 1.29 is 37.4 Å². The summed E-state index contributed by atoms with van der Waals surface area (Å²) in [6.07, 6.45) is -4.71. The third-order valence-corrected chi connectivity index (χ3v) is 10.4. The number of aromatic hydroxyl groups is 1. The molecule has 3 amide bonds. The highest BCUT2D eigenvalue weighted by atomic mass is 35.5. The van der Waals surface area contributed by atoms with Gasteiger partial charge in [0, 0.05) is 21.5 Å². The molecule has 2 aliphatic rings. The van der Waals surface area contributed by atoms with Crippen molar-refractivity contribution in [1.82, 2.24) is 4.57 Å². The minimum Gasteiger partial charge on any atom is -0.504 e. The number of fused-ring (bicyclic) bond motifs is 2. The summed E-state index contributed by atoms with van der Waals surface area (Å²) in [5, 5.41) is 12.7. The first-order chi connectivity index (χ1) is 21.9. The Balaban J connectivity index is 1.44. The Hall–Kier alpha value is -4.27. The SMILES string of the molecule is CCOc1cc(C2c3sc(=O)n(CC(=O)Nc4ccc(Cl)cc4)c3SC3C(=O)N(c4cccc(C(F)(F)F)c4)C(=O)C32)ccc1O. The molecule has 15 heteroatoms. The van der Waals surface area contributed by atoms with Crippen LogP contribution in [0.5, 0.6) is 11.5 Å². The Kier molecular flexibility index (Phi) is 8.38. The Morgan fingerprint density at radius 1 is 1.04 bits per heavy atom. The number of ether oxygens (including phenoxy) is 1. The van der Waals surface area contributed by atoms with Crippen LogP contribution in [-0.4, -0.2) is 39.3 Å².